The fraction of sp³-hybridized carbons (Fsp3) is 0.800. The van der Waals surface area contributed by atoms with Crippen molar-refractivity contribution in [3.05, 3.63) is 16.1 Å². The Labute approximate surface area is 143 Å². The number of aromatic nitrogens is 1. The Kier molecular flexibility index (Phi) is 5.69. The van der Waals surface area contributed by atoms with E-state index in [0.29, 0.717) is 26.2 Å². The summed E-state index contributed by atoms with van der Waals surface area (Å²) in [6.45, 7) is 7.26. The van der Waals surface area contributed by atoms with Crippen LogP contribution in [0.3, 0.4) is 0 Å². The lowest BCUT2D eigenvalue weighted by Gasteiger charge is -2.31. The van der Waals surface area contributed by atoms with Gasteiger partial charge in [0.25, 0.3) is 10.2 Å². The van der Waals surface area contributed by atoms with Gasteiger partial charge in [-0.3, -0.25) is 4.90 Å². The van der Waals surface area contributed by atoms with E-state index in [1.54, 1.807) is 19.9 Å². The van der Waals surface area contributed by atoms with Crippen LogP contribution in [0.25, 0.3) is 0 Å². The summed E-state index contributed by atoms with van der Waals surface area (Å²) in [5, 5.41) is 0. The van der Waals surface area contributed by atoms with Crippen LogP contribution in [0.15, 0.2) is 5.51 Å². The molecule has 0 amide bonds. The van der Waals surface area contributed by atoms with Crippen molar-refractivity contribution >= 4 is 21.5 Å². The Hall–Kier alpha value is -0.540. The van der Waals surface area contributed by atoms with Gasteiger partial charge in [-0.2, -0.15) is 17.0 Å². The van der Waals surface area contributed by atoms with Crippen LogP contribution >= 0.6 is 11.3 Å². The number of hydrogen-bond acceptors (Lipinski definition) is 5. The smallest absolute Gasteiger partial charge is 0.282 e. The molecule has 0 aliphatic carbocycles. The first-order valence-corrected chi connectivity index (χ1v) is 10.7. The molecule has 23 heavy (non-hydrogen) atoms. The molecule has 0 bridgehead atoms. The molecule has 0 N–H and O–H groups in total. The maximum Gasteiger partial charge on any atom is 0.282 e. The molecule has 6 nitrogen and oxygen atoms in total. The van der Waals surface area contributed by atoms with E-state index in [2.05, 4.69) is 9.88 Å². The molecule has 0 atom stereocenters. The lowest BCUT2D eigenvalue weighted by Crippen LogP contribution is -2.47. The highest BCUT2D eigenvalue weighted by Crippen LogP contribution is 2.20. The Morgan fingerprint density at radius 2 is 1.70 bits per heavy atom. The third-order valence-corrected chi connectivity index (χ3v) is 7.68. The van der Waals surface area contributed by atoms with Crippen LogP contribution in [-0.2, 0) is 16.8 Å². The highest BCUT2D eigenvalue weighted by molar-refractivity contribution is 7.86. The minimum Gasteiger partial charge on any atom is -0.297 e. The van der Waals surface area contributed by atoms with Crippen LogP contribution < -0.4 is 0 Å². The van der Waals surface area contributed by atoms with Gasteiger partial charge >= 0.3 is 0 Å². The monoisotopic (exact) mass is 358 g/mol. The summed E-state index contributed by atoms with van der Waals surface area (Å²) in [5.41, 5.74) is 2.98. The van der Waals surface area contributed by atoms with E-state index < -0.39 is 10.2 Å². The molecule has 0 spiro atoms. The van der Waals surface area contributed by atoms with Gasteiger partial charge in [-0.05, 0) is 32.7 Å². The first-order chi connectivity index (χ1) is 11.1. The summed E-state index contributed by atoms with van der Waals surface area (Å²) in [7, 11) is -3.27. The number of piperidine rings is 1. The average molecular weight is 359 g/mol. The number of hydrogen-bond donors (Lipinski definition) is 0. The van der Waals surface area contributed by atoms with E-state index in [4.69, 9.17) is 0 Å². The fourth-order valence-corrected chi connectivity index (χ4v) is 5.81. The zero-order valence-electron chi connectivity index (χ0n) is 13.8. The molecule has 0 aromatic carbocycles. The molecule has 130 valence electrons. The maximum absolute atomic E-state index is 12.8. The molecule has 0 unspecified atom stereocenters. The van der Waals surface area contributed by atoms with Crippen molar-refractivity contribution in [2.24, 2.45) is 0 Å². The molecule has 0 radical (unpaired) electrons. The second kappa shape index (κ2) is 7.57. The highest BCUT2D eigenvalue weighted by atomic mass is 32.2. The molecule has 2 aliphatic heterocycles. The number of nitrogens with zero attached hydrogens (tertiary/aromatic N) is 4. The lowest BCUT2D eigenvalue weighted by atomic mass is 10.2. The molecular weight excluding hydrogens is 332 g/mol. The predicted molar refractivity (Wildman–Crippen MR) is 92.7 cm³/mol. The largest absolute Gasteiger partial charge is 0.297 e. The summed E-state index contributed by atoms with van der Waals surface area (Å²) in [6.07, 6.45) is 4.02. The van der Waals surface area contributed by atoms with E-state index in [1.165, 1.54) is 4.88 Å². The molecule has 2 aliphatic rings. The number of aryl methyl sites for hydroxylation is 1. The molecule has 0 saturated carbocycles. The van der Waals surface area contributed by atoms with Crippen molar-refractivity contribution < 1.29 is 8.42 Å². The van der Waals surface area contributed by atoms with Gasteiger partial charge in [0.1, 0.15) is 0 Å². The van der Waals surface area contributed by atoms with Gasteiger partial charge in [0, 0.05) is 44.1 Å². The average Bonchev–Trinajstić information content (AvgIpc) is 2.82. The van der Waals surface area contributed by atoms with Crippen molar-refractivity contribution in [2.45, 2.75) is 39.2 Å². The van der Waals surface area contributed by atoms with Crippen LogP contribution in [0, 0.1) is 6.92 Å². The van der Waals surface area contributed by atoms with Gasteiger partial charge in [-0.15, -0.1) is 11.3 Å². The predicted octanol–water partition coefficient (Wildman–Crippen LogP) is 1.69. The summed E-state index contributed by atoms with van der Waals surface area (Å²) in [6, 6.07) is 0. The molecule has 8 heteroatoms. The van der Waals surface area contributed by atoms with Crippen LogP contribution in [-0.4, -0.2) is 66.2 Å². The third kappa shape index (κ3) is 4.11. The molecule has 3 heterocycles. The maximum atomic E-state index is 12.8. The van der Waals surface area contributed by atoms with E-state index in [0.717, 1.165) is 51.0 Å². The van der Waals surface area contributed by atoms with Crippen LogP contribution in [0.4, 0.5) is 0 Å². The number of thiazole rings is 1. The second-order valence-electron chi connectivity index (χ2n) is 6.36. The summed E-state index contributed by atoms with van der Waals surface area (Å²) in [4.78, 5) is 7.94. The van der Waals surface area contributed by atoms with E-state index in [9.17, 15) is 8.42 Å². The third-order valence-electron chi connectivity index (χ3n) is 4.73. The SMILES string of the molecule is Cc1ncsc1CN1CCCN(S(=O)(=O)N2CCCCC2)CC1. The Morgan fingerprint density at radius 3 is 2.39 bits per heavy atom. The van der Waals surface area contributed by atoms with E-state index >= 15 is 0 Å². The number of rotatable bonds is 4. The Balaban J connectivity index is 1.60. The van der Waals surface area contributed by atoms with Gasteiger partial charge in [-0.1, -0.05) is 6.42 Å². The molecular formula is C15H26N4O2S2. The molecule has 3 rings (SSSR count). The minimum absolute atomic E-state index is 0.594. The summed E-state index contributed by atoms with van der Waals surface area (Å²) >= 11 is 1.69. The molecule has 1 aromatic heterocycles. The van der Waals surface area contributed by atoms with Gasteiger partial charge in [0.05, 0.1) is 11.2 Å². The van der Waals surface area contributed by atoms with Gasteiger partial charge in [0.15, 0.2) is 0 Å². The Morgan fingerprint density at radius 1 is 1.00 bits per heavy atom. The van der Waals surface area contributed by atoms with E-state index in [1.807, 2.05) is 12.4 Å². The summed E-state index contributed by atoms with van der Waals surface area (Å²) in [5.74, 6) is 0. The lowest BCUT2D eigenvalue weighted by molar-refractivity contribution is 0.273. The molecule has 2 saturated heterocycles. The van der Waals surface area contributed by atoms with Crippen molar-refractivity contribution in [3.63, 3.8) is 0 Å². The highest BCUT2D eigenvalue weighted by Gasteiger charge is 2.31. The van der Waals surface area contributed by atoms with Gasteiger partial charge in [-0.25, -0.2) is 4.98 Å². The van der Waals surface area contributed by atoms with Crippen molar-refractivity contribution in [3.8, 4) is 0 Å². The van der Waals surface area contributed by atoms with Gasteiger partial charge < -0.3 is 0 Å². The topological polar surface area (TPSA) is 56.8 Å². The first-order valence-electron chi connectivity index (χ1n) is 8.44. The normalized spacial score (nSPS) is 23.0. The zero-order chi connectivity index (χ0) is 16.3. The van der Waals surface area contributed by atoms with Crippen LogP contribution in [0.5, 0.6) is 0 Å². The van der Waals surface area contributed by atoms with Crippen LogP contribution in [0.1, 0.15) is 36.3 Å². The van der Waals surface area contributed by atoms with Crippen LogP contribution in [0.2, 0.25) is 0 Å². The molecule has 2 fully saturated rings. The molecule has 1 aromatic rings. The quantitative estimate of drug-likeness (QED) is 0.822. The van der Waals surface area contributed by atoms with Crippen molar-refractivity contribution in [2.75, 3.05) is 39.3 Å². The summed E-state index contributed by atoms with van der Waals surface area (Å²) < 4.78 is 29.0. The standard InChI is InChI=1S/C15H26N4O2S2/c1-14-15(22-13-16-14)12-17-6-5-9-19(11-10-17)23(20,21)18-7-3-2-4-8-18/h13H,2-12H2,1H3. The van der Waals surface area contributed by atoms with Crippen molar-refractivity contribution in [1.29, 1.82) is 0 Å². The minimum atomic E-state index is -3.27. The fourth-order valence-electron chi connectivity index (χ4n) is 3.28. The zero-order valence-corrected chi connectivity index (χ0v) is 15.4. The first kappa shape index (κ1) is 17.3. The van der Waals surface area contributed by atoms with Crippen molar-refractivity contribution in [1.82, 2.24) is 18.5 Å². The second-order valence-corrected chi connectivity index (χ2v) is 9.22. The Bertz CT molecular complexity index is 611. The van der Waals surface area contributed by atoms with E-state index in [-0.39, 0.29) is 0 Å². The van der Waals surface area contributed by atoms with Gasteiger partial charge in [0.2, 0.25) is 0 Å².